The minimum Gasteiger partial charge on any atom is -0.493 e. The van der Waals surface area contributed by atoms with Crippen LogP contribution in [0.15, 0.2) is 59.8 Å². The van der Waals surface area contributed by atoms with Gasteiger partial charge in [-0.1, -0.05) is 42.1 Å². The van der Waals surface area contributed by atoms with Gasteiger partial charge in [-0.05, 0) is 38.1 Å². The first-order chi connectivity index (χ1) is 13.7. The minimum absolute atomic E-state index is 0.186. The molecule has 1 aromatic heterocycles. The Morgan fingerprint density at radius 1 is 1.00 bits per heavy atom. The van der Waals surface area contributed by atoms with Crippen molar-refractivity contribution in [3.05, 3.63) is 60.4 Å². The van der Waals surface area contributed by atoms with Crippen molar-refractivity contribution in [2.24, 2.45) is 0 Å². The van der Waals surface area contributed by atoms with Crippen molar-refractivity contribution in [3.63, 3.8) is 0 Å². The Balaban J connectivity index is 1.57. The summed E-state index contributed by atoms with van der Waals surface area (Å²) < 4.78 is 19.2. The molecule has 0 spiro atoms. The van der Waals surface area contributed by atoms with Gasteiger partial charge in [0.05, 0.1) is 13.7 Å². The Morgan fingerprint density at radius 3 is 2.43 bits per heavy atom. The molecule has 0 amide bonds. The normalized spacial score (nSPS) is 11.8. The van der Waals surface area contributed by atoms with Gasteiger partial charge in [-0.15, -0.1) is 10.2 Å². The molecule has 3 aromatic rings. The molecule has 6 nitrogen and oxygen atoms in total. The molecule has 0 saturated carbocycles. The maximum Gasteiger partial charge on any atom is 0.191 e. The van der Waals surface area contributed by atoms with E-state index in [1.807, 2.05) is 61.5 Å². The first kappa shape index (κ1) is 20.1. The van der Waals surface area contributed by atoms with Gasteiger partial charge in [0, 0.05) is 12.3 Å². The van der Waals surface area contributed by atoms with Crippen molar-refractivity contribution < 1.29 is 14.2 Å². The van der Waals surface area contributed by atoms with E-state index in [-0.39, 0.29) is 6.10 Å². The van der Waals surface area contributed by atoms with Gasteiger partial charge in [0.25, 0.3) is 0 Å². The van der Waals surface area contributed by atoms with Crippen LogP contribution in [-0.4, -0.2) is 34.2 Å². The van der Waals surface area contributed by atoms with Crippen LogP contribution in [0.4, 0.5) is 0 Å². The summed E-state index contributed by atoms with van der Waals surface area (Å²) in [5, 5.41) is 9.56. The highest BCUT2D eigenvalue weighted by Crippen LogP contribution is 2.27. The van der Waals surface area contributed by atoms with Gasteiger partial charge >= 0.3 is 0 Å². The summed E-state index contributed by atoms with van der Waals surface area (Å²) in [6.07, 6.45) is -0.186. The number of ether oxygens (including phenoxy) is 3. The van der Waals surface area contributed by atoms with Gasteiger partial charge in [-0.3, -0.25) is 0 Å². The third-order valence-electron chi connectivity index (χ3n) is 4.12. The van der Waals surface area contributed by atoms with Gasteiger partial charge in [0.1, 0.15) is 5.75 Å². The molecular formula is C21H25N3O3S. The van der Waals surface area contributed by atoms with E-state index in [9.17, 15) is 0 Å². The van der Waals surface area contributed by atoms with Crippen LogP contribution in [0.25, 0.3) is 0 Å². The Kier molecular flexibility index (Phi) is 7.19. The van der Waals surface area contributed by atoms with E-state index < -0.39 is 0 Å². The van der Waals surface area contributed by atoms with Crippen LogP contribution in [-0.2, 0) is 6.54 Å². The molecule has 0 saturated heterocycles. The lowest BCUT2D eigenvalue weighted by atomic mass is 10.3. The molecule has 0 aliphatic heterocycles. The fraction of sp³-hybridized carbons (Fsp3) is 0.333. The number of thioether (sulfide) groups is 1. The van der Waals surface area contributed by atoms with Gasteiger partial charge in [0.15, 0.2) is 28.6 Å². The molecule has 148 valence electrons. The molecule has 0 aliphatic rings. The van der Waals surface area contributed by atoms with Crippen molar-refractivity contribution >= 4 is 11.8 Å². The minimum atomic E-state index is -0.186. The van der Waals surface area contributed by atoms with Crippen molar-refractivity contribution in [1.29, 1.82) is 0 Å². The summed E-state index contributed by atoms with van der Waals surface area (Å²) in [7, 11) is 1.64. The lowest BCUT2D eigenvalue weighted by Gasteiger charge is -2.15. The number of benzene rings is 2. The standard InChI is InChI=1S/C21H25N3O3S/c1-4-24-20(16(2)27-17-10-6-5-7-11-17)22-23-21(24)28-15-14-26-19-13-9-8-12-18(19)25-3/h5-13,16H,4,14-15H2,1-3H3/t16-/m1/s1. The average Bonchev–Trinajstić information content (AvgIpc) is 3.15. The average molecular weight is 400 g/mol. The van der Waals surface area contributed by atoms with Crippen molar-refractivity contribution in [1.82, 2.24) is 14.8 Å². The molecule has 0 unspecified atom stereocenters. The first-order valence-electron chi connectivity index (χ1n) is 9.26. The van der Waals surface area contributed by atoms with Crippen LogP contribution >= 0.6 is 11.8 Å². The summed E-state index contributed by atoms with van der Waals surface area (Å²) in [4.78, 5) is 0. The monoisotopic (exact) mass is 399 g/mol. The van der Waals surface area contributed by atoms with Crippen LogP contribution in [0.3, 0.4) is 0 Å². The van der Waals surface area contributed by atoms with Crippen LogP contribution in [0.5, 0.6) is 17.2 Å². The predicted molar refractivity (Wildman–Crippen MR) is 110 cm³/mol. The molecular weight excluding hydrogens is 374 g/mol. The third kappa shape index (κ3) is 4.98. The zero-order chi connectivity index (χ0) is 19.8. The number of hydrogen-bond donors (Lipinski definition) is 0. The number of para-hydroxylation sites is 3. The quantitative estimate of drug-likeness (QED) is 0.366. The molecule has 0 bridgehead atoms. The molecule has 3 rings (SSSR count). The predicted octanol–water partition coefficient (Wildman–Crippen LogP) is 4.62. The number of hydrogen-bond acceptors (Lipinski definition) is 6. The van der Waals surface area contributed by atoms with Crippen LogP contribution in [0, 0.1) is 0 Å². The van der Waals surface area contributed by atoms with Crippen molar-refractivity contribution in [2.45, 2.75) is 31.7 Å². The van der Waals surface area contributed by atoms with E-state index in [4.69, 9.17) is 14.2 Å². The number of nitrogens with zero attached hydrogens (tertiary/aromatic N) is 3. The molecule has 0 fully saturated rings. The topological polar surface area (TPSA) is 58.4 Å². The fourth-order valence-electron chi connectivity index (χ4n) is 2.78. The van der Waals surface area contributed by atoms with Gasteiger partial charge < -0.3 is 18.8 Å². The highest BCUT2D eigenvalue weighted by Gasteiger charge is 2.18. The van der Waals surface area contributed by atoms with Gasteiger partial charge in [0.2, 0.25) is 0 Å². The van der Waals surface area contributed by atoms with E-state index in [1.165, 1.54) is 0 Å². The summed E-state index contributed by atoms with van der Waals surface area (Å²) in [5.74, 6) is 3.87. The zero-order valence-corrected chi connectivity index (χ0v) is 17.2. The Bertz CT molecular complexity index is 870. The molecule has 7 heteroatoms. The maximum atomic E-state index is 5.99. The molecule has 1 heterocycles. The number of methoxy groups -OCH3 is 1. The Hall–Kier alpha value is -2.67. The van der Waals surface area contributed by atoms with E-state index in [1.54, 1.807) is 18.9 Å². The summed E-state index contributed by atoms with van der Waals surface area (Å²) in [6.45, 7) is 5.40. The Labute approximate surface area is 169 Å². The summed E-state index contributed by atoms with van der Waals surface area (Å²) in [6, 6.07) is 17.4. The lowest BCUT2D eigenvalue weighted by Crippen LogP contribution is -2.12. The van der Waals surface area contributed by atoms with E-state index >= 15 is 0 Å². The number of aromatic nitrogens is 3. The smallest absolute Gasteiger partial charge is 0.191 e. The van der Waals surface area contributed by atoms with E-state index in [0.29, 0.717) is 6.61 Å². The fourth-order valence-corrected chi connectivity index (χ4v) is 3.61. The summed E-state index contributed by atoms with van der Waals surface area (Å²) in [5.41, 5.74) is 0. The Morgan fingerprint density at radius 2 is 1.71 bits per heavy atom. The molecule has 2 aromatic carbocycles. The van der Waals surface area contributed by atoms with E-state index in [2.05, 4.69) is 21.7 Å². The number of rotatable bonds is 10. The van der Waals surface area contributed by atoms with Crippen molar-refractivity contribution in [2.75, 3.05) is 19.5 Å². The second kappa shape index (κ2) is 10.0. The molecule has 1 atom stereocenters. The molecule has 28 heavy (non-hydrogen) atoms. The van der Waals surface area contributed by atoms with E-state index in [0.717, 1.165) is 40.5 Å². The molecule has 0 radical (unpaired) electrons. The highest BCUT2D eigenvalue weighted by molar-refractivity contribution is 7.99. The largest absolute Gasteiger partial charge is 0.493 e. The van der Waals surface area contributed by atoms with Crippen molar-refractivity contribution in [3.8, 4) is 17.2 Å². The highest BCUT2D eigenvalue weighted by atomic mass is 32.2. The summed E-state index contributed by atoms with van der Waals surface area (Å²) >= 11 is 1.62. The second-order valence-electron chi connectivity index (χ2n) is 6.01. The molecule has 0 aliphatic carbocycles. The van der Waals surface area contributed by atoms with Gasteiger partial charge in [-0.25, -0.2) is 0 Å². The third-order valence-corrected chi connectivity index (χ3v) is 5.05. The zero-order valence-electron chi connectivity index (χ0n) is 16.4. The SMILES string of the molecule is CCn1c(SCCOc2ccccc2OC)nnc1[C@@H](C)Oc1ccccc1. The van der Waals surface area contributed by atoms with Crippen LogP contribution < -0.4 is 14.2 Å². The van der Waals surface area contributed by atoms with Crippen LogP contribution in [0.1, 0.15) is 25.8 Å². The van der Waals surface area contributed by atoms with Crippen LogP contribution in [0.2, 0.25) is 0 Å². The first-order valence-corrected chi connectivity index (χ1v) is 10.2. The second-order valence-corrected chi connectivity index (χ2v) is 7.07. The van der Waals surface area contributed by atoms with Gasteiger partial charge in [-0.2, -0.15) is 0 Å². The molecule has 0 N–H and O–H groups in total. The maximum absolute atomic E-state index is 5.99. The lowest BCUT2D eigenvalue weighted by molar-refractivity contribution is 0.210.